The molecular formula is C14H13NO3S2. The summed E-state index contributed by atoms with van der Waals surface area (Å²) in [6.45, 7) is 3.41. The van der Waals surface area contributed by atoms with Crippen molar-refractivity contribution in [3.05, 3.63) is 40.3 Å². The second kappa shape index (κ2) is 5.76. The van der Waals surface area contributed by atoms with Gasteiger partial charge in [-0.15, -0.1) is 0 Å². The van der Waals surface area contributed by atoms with Gasteiger partial charge in [0.25, 0.3) is 5.91 Å². The Bertz CT molecular complexity index is 625. The summed E-state index contributed by atoms with van der Waals surface area (Å²) in [7, 11) is 0. The number of thiocarbonyl (C=S) groups is 1. The molecule has 1 aliphatic rings. The van der Waals surface area contributed by atoms with Crippen LogP contribution in [-0.2, 0) is 9.59 Å². The fourth-order valence-corrected chi connectivity index (χ4v) is 3.25. The number of aliphatic carboxylic acids is 1. The molecule has 2 rings (SSSR count). The van der Waals surface area contributed by atoms with Crippen molar-refractivity contribution >= 4 is 46.3 Å². The molecule has 1 N–H and O–H groups in total. The van der Waals surface area contributed by atoms with E-state index >= 15 is 0 Å². The minimum atomic E-state index is -1.07. The average molecular weight is 307 g/mol. The molecule has 4 nitrogen and oxygen atoms in total. The fraction of sp³-hybridized carbons (Fsp3) is 0.214. The van der Waals surface area contributed by atoms with Crippen LogP contribution in [0.15, 0.2) is 29.2 Å². The maximum Gasteiger partial charge on any atom is 0.326 e. The third kappa shape index (κ3) is 2.91. The molecule has 6 heteroatoms. The van der Waals surface area contributed by atoms with E-state index in [2.05, 4.69) is 0 Å². The van der Waals surface area contributed by atoms with Crippen molar-refractivity contribution in [1.82, 2.24) is 4.90 Å². The lowest BCUT2D eigenvalue weighted by atomic mass is 10.1. The van der Waals surface area contributed by atoms with Crippen molar-refractivity contribution in [2.24, 2.45) is 0 Å². The van der Waals surface area contributed by atoms with Gasteiger partial charge >= 0.3 is 5.97 Å². The summed E-state index contributed by atoms with van der Waals surface area (Å²) in [5.74, 6) is -1.42. The lowest BCUT2D eigenvalue weighted by molar-refractivity contribution is -0.144. The van der Waals surface area contributed by atoms with Gasteiger partial charge in [0, 0.05) is 0 Å². The molecule has 104 valence electrons. The van der Waals surface area contributed by atoms with Crippen molar-refractivity contribution in [2.75, 3.05) is 0 Å². The number of nitrogens with zero attached hydrogens (tertiary/aromatic N) is 1. The summed E-state index contributed by atoms with van der Waals surface area (Å²) >= 11 is 6.23. The number of carbonyl (C=O) groups excluding carboxylic acids is 1. The van der Waals surface area contributed by atoms with Crippen LogP contribution in [0.5, 0.6) is 0 Å². The van der Waals surface area contributed by atoms with E-state index in [-0.39, 0.29) is 10.2 Å². The highest BCUT2D eigenvalue weighted by atomic mass is 32.2. The Morgan fingerprint density at radius 2 is 2.20 bits per heavy atom. The molecule has 0 radical (unpaired) electrons. The van der Waals surface area contributed by atoms with Crippen LogP contribution in [0.3, 0.4) is 0 Å². The summed E-state index contributed by atoms with van der Waals surface area (Å²) in [5, 5.41) is 9.01. The van der Waals surface area contributed by atoms with Crippen LogP contribution in [0.1, 0.15) is 18.1 Å². The molecule has 1 atom stereocenters. The number of hydrogen-bond donors (Lipinski definition) is 1. The Balaban J connectivity index is 2.30. The normalized spacial score (nSPS) is 18.7. The van der Waals surface area contributed by atoms with Crippen LogP contribution in [0, 0.1) is 6.92 Å². The Labute approximate surface area is 126 Å². The van der Waals surface area contributed by atoms with Crippen molar-refractivity contribution < 1.29 is 14.7 Å². The molecule has 0 aromatic heterocycles. The van der Waals surface area contributed by atoms with Crippen molar-refractivity contribution in [1.29, 1.82) is 0 Å². The van der Waals surface area contributed by atoms with Gasteiger partial charge in [0.2, 0.25) is 0 Å². The van der Waals surface area contributed by atoms with E-state index < -0.39 is 12.0 Å². The highest BCUT2D eigenvalue weighted by molar-refractivity contribution is 8.26. The van der Waals surface area contributed by atoms with Gasteiger partial charge in [-0.3, -0.25) is 9.69 Å². The van der Waals surface area contributed by atoms with Crippen molar-refractivity contribution in [3.63, 3.8) is 0 Å². The van der Waals surface area contributed by atoms with Crippen LogP contribution >= 0.6 is 24.0 Å². The van der Waals surface area contributed by atoms with Gasteiger partial charge in [0.15, 0.2) is 0 Å². The second-order valence-electron chi connectivity index (χ2n) is 4.48. The second-order valence-corrected chi connectivity index (χ2v) is 6.16. The minimum absolute atomic E-state index is 0.281. The van der Waals surface area contributed by atoms with E-state index in [0.717, 1.165) is 27.8 Å². The first kappa shape index (κ1) is 14.7. The molecule has 0 saturated carbocycles. The lowest BCUT2D eigenvalue weighted by Crippen LogP contribution is -2.41. The van der Waals surface area contributed by atoms with Gasteiger partial charge < -0.3 is 5.11 Å². The molecule has 1 aromatic rings. The van der Waals surface area contributed by atoms with E-state index in [1.165, 1.54) is 6.92 Å². The SMILES string of the molecule is Cc1cccc(/C=C2/SC(=S)N([C@@H](C)C(=O)O)C2=O)c1. The van der Waals surface area contributed by atoms with Crippen LogP contribution in [0.2, 0.25) is 0 Å². The predicted octanol–water partition coefficient (Wildman–Crippen LogP) is 2.67. The van der Waals surface area contributed by atoms with E-state index in [1.54, 1.807) is 6.08 Å². The topological polar surface area (TPSA) is 57.6 Å². The summed E-state index contributed by atoms with van der Waals surface area (Å²) in [6.07, 6.45) is 1.74. The smallest absolute Gasteiger partial charge is 0.326 e. The summed E-state index contributed by atoms with van der Waals surface area (Å²) in [6, 6.07) is 6.76. The molecule has 1 fully saturated rings. The number of aryl methyl sites for hydroxylation is 1. The highest BCUT2D eigenvalue weighted by Crippen LogP contribution is 2.33. The number of rotatable bonds is 3. The Morgan fingerprint density at radius 1 is 1.50 bits per heavy atom. The summed E-state index contributed by atoms with van der Waals surface area (Å²) in [4.78, 5) is 24.8. The molecule has 20 heavy (non-hydrogen) atoms. The van der Waals surface area contributed by atoms with Crippen molar-refractivity contribution in [2.45, 2.75) is 19.9 Å². The van der Waals surface area contributed by atoms with Crippen LogP contribution in [0.25, 0.3) is 6.08 Å². The molecule has 1 aromatic carbocycles. The number of carboxylic acid groups (broad SMARTS) is 1. The molecule has 1 saturated heterocycles. The van der Waals surface area contributed by atoms with Gasteiger partial charge in [-0.25, -0.2) is 4.79 Å². The zero-order valence-corrected chi connectivity index (χ0v) is 12.6. The Hall–Kier alpha value is -1.66. The van der Waals surface area contributed by atoms with E-state index in [0.29, 0.717) is 4.91 Å². The van der Waals surface area contributed by atoms with Crippen LogP contribution in [-0.4, -0.2) is 32.2 Å². The summed E-state index contributed by atoms with van der Waals surface area (Å²) < 4.78 is 0.281. The quantitative estimate of drug-likeness (QED) is 0.687. The maximum absolute atomic E-state index is 12.2. The molecule has 0 spiro atoms. The largest absolute Gasteiger partial charge is 0.480 e. The highest BCUT2D eigenvalue weighted by Gasteiger charge is 2.38. The van der Waals surface area contributed by atoms with E-state index in [1.807, 2.05) is 31.2 Å². The number of hydrogen-bond acceptors (Lipinski definition) is 4. The molecule has 0 unspecified atom stereocenters. The first-order valence-corrected chi connectivity index (χ1v) is 7.19. The van der Waals surface area contributed by atoms with Crippen LogP contribution < -0.4 is 0 Å². The molecule has 1 amide bonds. The number of amides is 1. The molecular weight excluding hydrogens is 294 g/mol. The third-order valence-corrected chi connectivity index (χ3v) is 4.24. The van der Waals surface area contributed by atoms with Crippen LogP contribution in [0.4, 0.5) is 0 Å². The lowest BCUT2D eigenvalue weighted by Gasteiger charge is -2.18. The number of carbonyl (C=O) groups is 2. The Morgan fingerprint density at radius 3 is 2.80 bits per heavy atom. The maximum atomic E-state index is 12.2. The zero-order chi connectivity index (χ0) is 14.9. The molecule has 0 aliphatic carbocycles. The number of benzene rings is 1. The number of thioether (sulfide) groups is 1. The summed E-state index contributed by atoms with van der Waals surface area (Å²) in [5.41, 5.74) is 1.99. The van der Waals surface area contributed by atoms with E-state index in [4.69, 9.17) is 17.3 Å². The van der Waals surface area contributed by atoms with Gasteiger partial charge in [0.05, 0.1) is 4.91 Å². The third-order valence-electron chi connectivity index (χ3n) is 2.91. The average Bonchev–Trinajstić information content (AvgIpc) is 2.63. The van der Waals surface area contributed by atoms with Gasteiger partial charge in [0.1, 0.15) is 10.4 Å². The molecule has 1 heterocycles. The zero-order valence-electron chi connectivity index (χ0n) is 11.0. The van der Waals surface area contributed by atoms with E-state index in [9.17, 15) is 9.59 Å². The molecule has 1 aliphatic heterocycles. The Kier molecular flexibility index (Phi) is 4.25. The van der Waals surface area contributed by atoms with Gasteiger partial charge in [-0.2, -0.15) is 0 Å². The van der Waals surface area contributed by atoms with Crippen molar-refractivity contribution in [3.8, 4) is 0 Å². The first-order chi connectivity index (χ1) is 9.40. The predicted molar refractivity (Wildman–Crippen MR) is 83.3 cm³/mol. The van der Waals surface area contributed by atoms with Gasteiger partial charge in [-0.05, 0) is 25.5 Å². The number of carboxylic acids is 1. The first-order valence-electron chi connectivity index (χ1n) is 5.96. The molecule has 0 bridgehead atoms. The fourth-order valence-electron chi connectivity index (χ4n) is 1.84. The van der Waals surface area contributed by atoms with Gasteiger partial charge in [-0.1, -0.05) is 53.8 Å². The monoisotopic (exact) mass is 307 g/mol. The standard InChI is InChI=1S/C14H13NO3S2/c1-8-4-3-5-10(6-8)7-11-12(16)15(14(19)20-11)9(2)13(17)18/h3-7,9H,1-2H3,(H,17,18)/b11-7+/t9-/m0/s1. The minimum Gasteiger partial charge on any atom is -0.480 e.